The molecule has 0 saturated heterocycles. The molecule has 1 aromatic rings. The Morgan fingerprint density at radius 3 is 2.81 bits per heavy atom. The third-order valence-electron chi connectivity index (χ3n) is 1.81. The van der Waals surface area contributed by atoms with Gasteiger partial charge in [0, 0.05) is 4.47 Å². The number of rotatable bonds is 3. The molecule has 0 saturated carbocycles. The topological polar surface area (TPSA) is 59.4 Å². The predicted molar refractivity (Wildman–Crippen MR) is 54.3 cm³/mol. The molecule has 0 spiro atoms. The maximum Gasteiger partial charge on any atom is 0.311 e. The first kappa shape index (κ1) is 12.8. The van der Waals surface area contributed by atoms with Crippen LogP contribution in [0.5, 0.6) is 5.75 Å². The Balaban J connectivity index is 3.09. The molecule has 16 heavy (non-hydrogen) atoms. The summed E-state index contributed by atoms with van der Waals surface area (Å²) < 4.78 is 29.3. The van der Waals surface area contributed by atoms with Crippen LogP contribution in [0, 0.1) is 0 Å². The number of carbonyl (C=O) groups is 1. The van der Waals surface area contributed by atoms with E-state index in [1.807, 2.05) is 0 Å². The largest absolute Gasteiger partial charge is 0.506 e. The monoisotopic (exact) mass is 295 g/mol. The highest BCUT2D eigenvalue weighted by Gasteiger charge is 2.18. The molecule has 0 amide bonds. The lowest BCUT2D eigenvalue weighted by atomic mass is 10.2. The van der Waals surface area contributed by atoms with Crippen LogP contribution in [-0.4, -0.2) is 23.2 Å². The molecule has 0 bridgehead atoms. The number of hydrogen-bond donors (Lipinski definition) is 1. The molecule has 1 aromatic heterocycles. The third-order valence-corrected chi connectivity index (χ3v) is 2.44. The Hall–Kier alpha value is -1.24. The zero-order valence-electron chi connectivity index (χ0n) is 8.21. The van der Waals surface area contributed by atoms with Crippen molar-refractivity contribution in [2.24, 2.45) is 0 Å². The maximum atomic E-state index is 12.5. The van der Waals surface area contributed by atoms with Crippen molar-refractivity contribution in [1.82, 2.24) is 4.98 Å². The number of aromatic hydroxyl groups is 1. The summed E-state index contributed by atoms with van der Waals surface area (Å²) in [7, 11) is 1.16. The Bertz CT molecular complexity index is 412. The Labute approximate surface area is 98.4 Å². The van der Waals surface area contributed by atoms with Gasteiger partial charge in [-0.15, -0.1) is 0 Å². The molecule has 4 nitrogen and oxygen atoms in total. The lowest BCUT2D eigenvalue weighted by Crippen LogP contribution is -2.08. The minimum absolute atomic E-state index is 0.00591. The highest BCUT2D eigenvalue weighted by molar-refractivity contribution is 9.10. The van der Waals surface area contributed by atoms with Gasteiger partial charge in [-0.1, -0.05) is 0 Å². The number of alkyl halides is 2. The zero-order chi connectivity index (χ0) is 12.3. The molecule has 1 rings (SSSR count). The van der Waals surface area contributed by atoms with Crippen LogP contribution in [0.15, 0.2) is 10.5 Å². The van der Waals surface area contributed by atoms with Gasteiger partial charge in [0.25, 0.3) is 6.43 Å². The molecule has 0 aromatic carbocycles. The smallest absolute Gasteiger partial charge is 0.311 e. The number of methoxy groups -OCH3 is 1. The summed E-state index contributed by atoms with van der Waals surface area (Å²) in [5.74, 6) is -0.994. The van der Waals surface area contributed by atoms with Gasteiger partial charge in [0.1, 0.15) is 11.4 Å². The van der Waals surface area contributed by atoms with E-state index in [2.05, 4.69) is 25.7 Å². The normalized spacial score (nSPS) is 10.6. The van der Waals surface area contributed by atoms with Gasteiger partial charge < -0.3 is 9.84 Å². The van der Waals surface area contributed by atoms with Gasteiger partial charge in [-0.05, 0) is 22.0 Å². The molecule has 0 fully saturated rings. The number of aromatic nitrogens is 1. The number of pyridine rings is 1. The lowest BCUT2D eigenvalue weighted by molar-refractivity contribution is -0.139. The van der Waals surface area contributed by atoms with Crippen LogP contribution in [0.25, 0.3) is 0 Å². The molecule has 0 radical (unpaired) electrons. The third kappa shape index (κ3) is 2.88. The van der Waals surface area contributed by atoms with E-state index >= 15 is 0 Å². The molecule has 0 aliphatic carbocycles. The van der Waals surface area contributed by atoms with Crippen LogP contribution in [-0.2, 0) is 16.0 Å². The van der Waals surface area contributed by atoms with Crippen molar-refractivity contribution in [2.75, 3.05) is 7.11 Å². The first-order chi connectivity index (χ1) is 7.45. The van der Waals surface area contributed by atoms with Gasteiger partial charge in [0.05, 0.1) is 19.2 Å². The molecule has 0 unspecified atom stereocenters. The van der Waals surface area contributed by atoms with Crippen molar-refractivity contribution in [3.8, 4) is 5.75 Å². The standard InChI is InChI=1S/C9H8BrF2NO3/c1-16-7(15)3-5-6(14)2-4(10)8(13-5)9(11)12/h2,9,14H,3H2,1H3. The summed E-state index contributed by atoms with van der Waals surface area (Å²) in [5.41, 5.74) is -0.651. The van der Waals surface area contributed by atoms with Crippen LogP contribution >= 0.6 is 15.9 Å². The summed E-state index contributed by atoms with van der Waals surface area (Å²) in [4.78, 5) is 14.4. The molecule has 1 N–H and O–H groups in total. The van der Waals surface area contributed by atoms with Gasteiger partial charge in [-0.3, -0.25) is 4.79 Å². The summed E-state index contributed by atoms with van der Waals surface area (Å²) >= 11 is 2.85. The number of carbonyl (C=O) groups excluding carboxylic acids is 1. The van der Waals surface area contributed by atoms with Crippen LogP contribution in [0.1, 0.15) is 17.8 Å². The van der Waals surface area contributed by atoms with Gasteiger partial charge in [0.15, 0.2) is 0 Å². The second kappa shape index (κ2) is 5.20. The molecule has 88 valence electrons. The van der Waals surface area contributed by atoms with E-state index in [0.717, 1.165) is 13.2 Å². The molecule has 0 aliphatic rings. The average molecular weight is 296 g/mol. The van der Waals surface area contributed by atoms with Crippen molar-refractivity contribution in [2.45, 2.75) is 12.8 Å². The van der Waals surface area contributed by atoms with Crippen LogP contribution in [0.2, 0.25) is 0 Å². The quantitative estimate of drug-likeness (QED) is 0.869. The van der Waals surface area contributed by atoms with Crippen LogP contribution in [0.4, 0.5) is 8.78 Å². The fourth-order valence-corrected chi connectivity index (χ4v) is 1.50. The number of nitrogens with zero attached hydrogens (tertiary/aromatic N) is 1. The Morgan fingerprint density at radius 1 is 1.69 bits per heavy atom. The van der Waals surface area contributed by atoms with E-state index in [1.165, 1.54) is 0 Å². The SMILES string of the molecule is COC(=O)Cc1nc(C(F)F)c(Br)cc1O. The Morgan fingerprint density at radius 2 is 2.31 bits per heavy atom. The molecule has 0 aliphatic heterocycles. The van der Waals surface area contributed by atoms with Crippen LogP contribution in [0.3, 0.4) is 0 Å². The molecule has 1 heterocycles. The minimum atomic E-state index is -2.79. The van der Waals surface area contributed by atoms with E-state index < -0.39 is 18.1 Å². The van der Waals surface area contributed by atoms with E-state index in [9.17, 15) is 18.7 Å². The van der Waals surface area contributed by atoms with Crippen LogP contribution < -0.4 is 0 Å². The number of esters is 1. The van der Waals surface area contributed by atoms with E-state index in [1.54, 1.807) is 0 Å². The number of hydrogen-bond acceptors (Lipinski definition) is 4. The summed E-state index contributed by atoms with van der Waals surface area (Å²) in [5, 5.41) is 9.40. The van der Waals surface area contributed by atoms with Gasteiger partial charge >= 0.3 is 5.97 Å². The lowest BCUT2D eigenvalue weighted by Gasteiger charge is -2.07. The average Bonchev–Trinajstić information content (AvgIpc) is 2.21. The fraction of sp³-hybridized carbons (Fsp3) is 0.333. The van der Waals surface area contributed by atoms with Crippen molar-refractivity contribution < 1.29 is 23.4 Å². The summed E-state index contributed by atoms with van der Waals surface area (Å²) in [6, 6.07) is 1.08. The van der Waals surface area contributed by atoms with E-state index in [4.69, 9.17) is 0 Å². The number of ether oxygens (including phenoxy) is 1. The highest BCUT2D eigenvalue weighted by Crippen LogP contribution is 2.30. The first-order valence-corrected chi connectivity index (χ1v) is 4.98. The second-order valence-corrected chi connectivity index (χ2v) is 3.73. The molecular weight excluding hydrogens is 288 g/mol. The van der Waals surface area contributed by atoms with Gasteiger partial charge in [0.2, 0.25) is 0 Å². The Kier molecular flexibility index (Phi) is 4.17. The molecular formula is C9H8BrF2NO3. The van der Waals surface area contributed by atoms with Crippen molar-refractivity contribution >= 4 is 21.9 Å². The fourth-order valence-electron chi connectivity index (χ4n) is 1.03. The van der Waals surface area contributed by atoms with Gasteiger partial charge in [-0.25, -0.2) is 13.8 Å². The van der Waals surface area contributed by atoms with E-state index in [0.29, 0.717) is 0 Å². The van der Waals surface area contributed by atoms with Crippen molar-refractivity contribution in [3.63, 3.8) is 0 Å². The van der Waals surface area contributed by atoms with E-state index in [-0.39, 0.29) is 22.3 Å². The first-order valence-electron chi connectivity index (χ1n) is 4.19. The van der Waals surface area contributed by atoms with Gasteiger partial charge in [-0.2, -0.15) is 0 Å². The zero-order valence-corrected chi connectivity index (χ0v) is 9.79. The summed E-state index contributed by atoms with van der Waals surface area (Å²) in [6.07, 6.45) is -3.14. The summed E-state index contributed by atoms with van der Waals surface area (Å²) in [6.45, 7) is 0. The highest BCUT2D eigenvalue weighted by atomic mass is 79.9. The van der Waals surface area contributed by atoms with Crippen molar-refractivity contribution in [1.29, 1.82) is 0 Å². The predicted octanol–water partition coefficient (Wildman–Crippen LogP) is 2.20. The molecule has 0 atom stereocenters. The second-order valence-electron chi connectivity index (χ2n) is 2.87. The minimum Gasteiger partial charge on any atom is -0.506 e. The molecule has 7 heteroatoms. The maximum absolute atomic E-state index is 12.5. The van der Waals surface area contributed by atoms with Crippen molar-refractivity contribution in [3.05, 3.63) is 21.9 Å². The number of halogens is 3.